The molecule has 1 aromatic heterocycles. The van der Waals surface area contributed by atoms with Crippen LogP contribution in [0.4, 0.5) is 17.1 Å². The largest absolute Gasteiger partial charge is 0.493 e. The molecule has 0 fully saturated rings. The van der Waals surface area contributed by atoms with Crippen molar-refractivity contribution < 1.29 is 18.4 Å². The van der Waals surface area contributed by atoms with E-state index in [1.54, 1.807) is 6.07 Å². The molecule has 11 nitrogen and oxygen atoms in total. The van der Waals surface area contributed by atoms with Gasteiger partial charge in [0, 0.05) is 24.1 Å². The first-order chi connectivity index (χ1) is 14.6. The van der Waals surface area contributed by atoms with Gasteiger partial charge in [0.15, 0.2) is 5.69 Å². The number of para-hydroxylation sites is 1. The number of fused-ring (bicyclic) bond motifs is 1. The minimum Gasteiger partial charge on any atom is -0.493 e. The third-order valence-electron chi connectivity index (χ3n) is 4.19. The van der Waals surface area contributed by atoms with Crippen LogP contribution in [0, 0.1) is 10.1 Å². The summed E-state index contributed by atoms with van der Waals surface area (Å²) >= 11 is 5.09. The van der Waals surface area contributed by atoms with Gasteiger partial charge in [-0.05, 0) is 30.4 Å². The lowest BCUT2D eigenvalue weighted by molar-refractivity contribution is -0.384. The Morgan fingerprint density at radius 1 is 1.35 bits per heavy atom. The average Bonchev–Trinajstić information content (AvgIpc) is 2.97. The van der Waals surface area contributed by atoms with Crippen molar-refractivity contribution in [3.63, 3.8) is 0 Å². The SMILES string of the molecule is C=CCn1c(O)c(N=NC(=S)Nc2ccccc2S(N)(=O)=O)c2cc([N+](=O)[O-])ccc21. The fraction of sp³-hybridized carbons (Fsp3) is 0.0556. The standard InChI is InChI=1S/C18H16N6O5S2/c1-2-9-23-14-8-7-11(24(26)27)10-12(14)16(17(23)25)21-22-18(30)20-13-5-3-4-6-15(13)31(19,28)29/h2-8,10,25H,1,9H2,(H,20,30)(H2,19,28,29). The van der Waals surface area contributed by atoms with Gasteiger partial charge < -0.3 is 15.0 Å². The number of nitrogens with two attached hydrogens (primary N) is 1. The first kappa shape index (κ1) is 22.0. The summed E-state index contributed by atoms with van der Waals surface area (Å²) in [6.45, 7) is 3.85. The summed E-state index contributed by atoms with van der Waals surface area (Å²) in [5.41, 5.74) is 0.352. The van der Waals surface area contributed by atoms with Gasteiger partial charge in [-0.2, -0.15) is 0 Å². The number of anilines is 1. The number of thiocarbonyl (C=S) groups is 1. The minimum atomic E-state index is -4.01. The lowest BCUT2D eigenvalue weighted by Crippen LogP contribution is -2.16. The molecule has 0 unspecified atom stereocenters. The molecule has 1 heterocycles. The predicted octanol–water partition coefficient (Wildman–Crippen LogP) is 3.57. The quantitative estimate of drug-likeness (QED) is 0.166. The second-order valence-electron chi connectivity index (χ2n) is 6.20. The molecule has 0 radical (unpaired) electrons. The van der Waals surface area contributed by atoms with E-state index in [9.17, 15) is 23.6 Å². The number of non-ortho nitro benzene ring substituents is 1. The molecule has 0 aliphatic rings. The zero-order valence-corrected chi connectivity index (χ0v) is 17.4. The monoisotopic (exact) mass is 460 g/mol. The van der Waals surface area contributed by atoms with Crippen molar-refractivity contribution in [1.82, 2.24) is 4.57 Å². The second kappa shape index (κ2) is 8.59. The maximum absolute atomic E-state index is 11.7. The van der Waals surface area contributed by atoms with Gasteiger partial charge in [-0.25, -0.2) is 13.6 Å². The molecule has 0 bridgehead atoms. The Bertz CT molecular complexity index is 1350. The van der Waals surface area contributed by atoms with E-state index in [2.05, 4.69) is 22.1 Å². The van der Waals surface area contributed by atoms with Crippen LogP contribution in [0.5, 0.6) is 5.88 Å². The number of allylic oxidation sites excluding steroid dienone is 1. The van der Waals surface area contributed by atoms with Crippen LogP contribution in [-0.2, 0) is 16.6 Å². The molecule has 4 N–H and O–H groups in total. The van der Waals surface area contributed by atoms with Crippen LogP contribution >= 0.6 is 12.2 Å². The van der Waals surface area contributed by atoms with Crippen molar-refractivity contribution >= 4 is 55.3 Å². The van der Waals surface area contributed by atoms with Crippen molar-refractivity contribution in [3.8, 4) is 5.88 Å². The number of primary sulfonamides is 1. The molecule has 0 saturated heterocycles. The number of hydrogen-bond acceptors (Lipinski definition) is 7. The smallest absolute Gasteiger partial charge is 0.270 e. The molecular weight excluding hydrogens is 444 g/mol. The number of nitrogens with zero attached hydrogens (tertiary/aromatic N) is 4. The first-order valence-corrected chi connectivity index (χ1v) is 10.5. The molecule has 3 aromatic rings. The molecule has 3 rings (SSSR count). The molecule has 0 atom stereocenters. The normalized spacial score (nSPS) is 11.6. The van der Waals surface area contributed by atoms with Gasteiger partial charge in [-0.3, -0.25) is 10.1 Å². The lowest BCUT2D eigenvalue weighted by Gasteiger charge is -2.08. The molecule has 0 spiro atoms. The van der Waals surface area contributed by atoms with E-state index in [0.717, 1.165) is 0 Å². The van der Waals surface area contributed by atoms with E-state index in [4.69, 9.17) is 17.4 Å². The summed E-state index contributed by atoms with van der Waals surface area (Å²) in [5.74, 6) is -0.285. The zero-order valence-electron chi connectivity index (χ0n) is 15.8. The van der Waals surface area contributed by atoms with E-state index in [-0.39, 0.29) is 44.9 Å². The summed E-state index contributed by atoms with van der Waals surface area (Å²) in [6, 6.07) is 9.85. The Kier molecular flexibility index (Phi) is 6.10. The molecule has 0 aliphatic carbocycles. The Balaban J connectivity index is 2.00. The summed E-state index contributed by atoms with van der Waals surface area (Å²) in [6.07, 6.45) is 1.54. The van der Waals surface area contributed by atoms with Crippen molar-refractivity contribution in [1.29, 1.82) is 0 Å². The summed E-state index contributed by atoms with van der Waals surface area (Å²) < 4.78 is 24.8. The number of benzene rings is 2. The first-order valence-electron chi connectivity index (χ1n) is 8.58. The maximum Gasteiger partial charge on any atom is 0.270 e. The number of rotatable bonds is 6. The number of sulfonamides is 1. The van der Waals surface area contributed by atoms with Crippen LogP contribution in [0.3, 0.4) is 0 Å². The Morgan fingerprint density at radius 2 is 2.06 bits per heavy atom. The average molecular weight is 460 g/mol. The third kappa shape index (κ3) is 4.58. The van der Waals surface area contributed by atoms with Crippen molar-refractivity contribution in [3.05, 3.63) is 65.2 Å². The van der Waals surface area contributed by atoms with E-state index in [0.29, 0.717) is 5.52 Å². The fourth-order valence-corrected chi connectivity index (χ4v) is 3.74. The lowest BCUT2D eigenvalue weighted by atomic mass is 10.2. The highest BCUT2D eigenvalue weighted by atomic mass is 32.2. The van der Waals surface area contributed by atoms with Crippen LogP contribution in [0.1, 0.15) is 0 Å². The number of nitrogens with one attached hydrogen (secondary N) is 1. The van der Waals surface area contributed by atoms with Crippen LogP contribution in [0.15, 0.2) is 70.2 Å². The summed E-state index contributed by atoms with van der Waals surface area (Å²) in [7, 11) is -4.01. The van der Waals surface area contributed by atoms with Gasteiger partial charge in [0.05, 0.1) is 16.1 Å². The molecule has 0 amide bonds. The van der Waals surface area contributed by atoms with Crippen LogP contribution < -0.4 is 10.5 Å². The van der Waals surface area contributed by atoms with E-state index in [1.165, 1.54) is 47.0 Å². The molecule has 2 aromatic carbocycles. The van der Waals surface area contributed by atoms with Crippen LogP contribution in [0.25, 0.3) is 10.9 Å². The Hall–Kier alpha value is -3.68. The van der Waals surface area contributed by atoms with Gasteiger partial charge in [-0.15, -0.1) is 16.8 Å². The summed E-state index contributed by atoms with van der Waals surface area (Å²) in [4.78, 5) is 10.4. The van der Waals surface area contributed by atoms with Gasteiger partial charge in [-0.1, -0.05) is 18.2 Å². The van der Waals surface area contributed by atoms with Crippen LogP contribution in [-0.4, -0.2) is 28.1 Å². The Morgan fingerprint density at radius 3 is 2.71 bits per heavy atom. The topological polar surface area (TPSA) is 165 Å². The number of nitro groups is 1. The highest BCUT2D eigenvalue weighted by Gasteiger charge is 2.19. The highest BCUT2D eigenvalue weighted by molar-refractivity contribution is 7.89. The van der Waals surface area contributed by atoms with Crippen molar-refractivity contribution in [2.24, 2.45) is 15.4 Å². The minimum absolute atomic E-state index is 0.0376. The van der Waals surface area contributed by atoms with Gasteiger partial charge in [0.1, 0.15) is 4.90 Å². The van der Waals surface area contributed by atoms with Gasteiger partial charge in [0.2, 0.25) is 21.0 Å². The number of aromatic nitrogens is 1. The molecule has 0 aliphatic heterocycles. The molecule has 13 heteroatoms. The molecule has 31 heavy (non-hydrogen) atoms. The molecule has 160 valence electrons. The molecule has 0 saturated carbocycles. The number of hydrogen-bond donors (Lipinski definition) is 3. The number of azo groups is 1. The van der Waals surface area contributed by atoms with Crippen molar-refractivity contribution in [2.75, 3.05) is 5.32 Å². The second-order valence-corrected chi connectivity index (χ2v) is 8.12. The van der Waals surface area contributed by atoms with Gasteiger partial charge >= 0.3 is 0 Å². The number of nitro benzene ring substituents is 1. The van der Waals surface area contributed by atoms with Crippen molar-refractivity contribution in [2.45, 2.75) is 11.4 Å². The number of aromatic hydroxyl groups is 1. The summed E-state index contributed by atoms with van der Waals surface area (Å²) in [5, 5.41) is 37.3. The van der Waals surface area contributed by atoms with E-state index < -0.39 is 14.9 Å². The predicted molar refractivity (Wildman–Crippen MR) is 119 cm³/mol. The van der Waals surface area contributed by atoms with Gasteiger partial charge in [0.25, 0.3) is 5.69 Å². The Labute approximate surface area is 181 Å². The third-order valence-corrected chi connectivity index (χ3v) is 5.34. The van der Waals surface area contributed by atoms with E-state index in [1.807, 2.05) is 0 Å². The zero-order chi connectivity index (χ0) is 22.8. The fourth-order valence-electron chi connectivity index (χ4n) is 2.89. The van der Waals surface area contributed by atoms with Crippen LogP contribution in [0.2, 0.25) is 0 Å². The maximum atomic E-state index is 11.7. The highest BCUT2D eigenvalue weighted by Crippen LogP contribution is 2.40. The molecular formula is C18H16N6O5S2. The van der Waals surface area contributed by atoms with E-state index >= 15 is 0 Å².